The first-order valence-electron chi connectivity index (χ1n) is 7.65. The number of rotatable bonds is 8. The topological polar surface area (TPSA) is 50.4 Å². The zero-order valence-electron chi connectivity index (χ0n) is 13.8. The van der Waals surface area contributed by atoms with Gasteiger partial charge in [0.15, 0.2) is 6.10 Å². The lowest BCUT2D eigenvalue weighted by Gasteiger charge is -2.16. The van der Waals surface area contributed by atoms with Gasteiger partial charge < -0.3 is 15.4 Å². The predicted octanol–water partition coefficient (Wildman–Crippen LogP) is 2.52. The van der Waals surface area contributed by atoms with Crippen LogP contribution in [0.15, 0.2) is 24.3 Å². The Kier molecular flexibility index (Phi) is 7.23. The molecule has 1 rings (SSSR count). The molecule has 21 heavy (non-hydrogen) atoms. The third kappa shape index (κ3) is 6.63. The molecule has 0 saturated carbocycles. The van der Waals surface area contributed by atoms with Crippen LogP contribution in [0.1, 0.15) is 39.7 Å². The summed E-state index contributed by atoms with van der Waals surface area (Å²) >= 11 is 0. The summed E-state index contributed by atoms with van der Waals surface area (Å²) in [5.74, 6) is 0.642. The molecule has 118 valence electrons. The minimum atomic E-state index is -0.484. The summed E-state index contributed by atoms with van der Waals surface area (Å²) in [6.45, 7) is 7.81. The number of benzene rings is 1. The SMILES string of the molecule is CNC(C)CCc1ccc(OC(C)C(=O)NC(C)C)cc1. The number of hydrogen-bond donors (Lipinski definition) is 2. The van der Waals surface area contributed by atoms with Gasteiger partial charge in [-0.2, -0.15) is 0 Å². The fourth-order valence-corrected chi connectivity index (χ4v) is 1.92. The molecule has 0 saturated heterocycles. The molecule has 0 bridgehead atoms. The van der Waals surface area contributed by atoms with E-state index in [1.165, 1.54) is 5.56 Å². The maximum absolute atomic E-state index is 11.8. The van der Waals surface area contributed by atoms with Gasteiger partial charge in [-0.15, -0.1) is 0 Å². The lowest BCUT2D eigenvalue weighted by atomic mass is 10.1. The maximum Gasteiger partial charge on any atom is 0.260 e. The summed E-state index contributed by atoms with van der Waals surface area (Å²) in [5, 5.41) is 6.07. The molecule has 2 unspecified atom stereocenters. The van der Waals surface area contributed by atoms with E-state index < -0.39 is 6.10 Å². The number of amides is 1. The number of hydrogen-bond acceptors (Lipinski definition) is 3. The zero-order chi connectivity index (χ0) is 15.8. The van der Waals surface area contributed by atoms with Gasteiger partial charge in [0.2, 0.25) is 0 Å². The van der Waals surface area contributed by atoms with E-state index in [1.807, 2.05) is 33.0 Å². The monoisotopic (exact) mass is 292 g/mol. The van der Waals surface area contributed by atoms with Crippen molar-refractivity contribution in [2.24, 2.45) is 0 Å². The Morgan fingerprint density at radius 3 is 2.29 bits per heavy atom. The van der Waals surface area contributed by atoms with E-state index in [2.05, 4.69) is 29.7 Å². The van der Waals surface area contributed by atoms with Crippen LogP contribution in [-0.2, 0) is 11.2 Å². The molecule has 0 fully saturated rings. The highest BCUT2D eigenvalue weighted by molar-refractivity contribution is 5.80. The average molecular weight is 292 g/mol. The standard InChI is InChI=1S/C17H28N2O2/c1-12(2)19-17(20)14(4)21-16-10-8-15(9-11-16)7-6-13(3)18-5/h8-14,18H,6-7H2,1-5H3,(H,19,20). The van der Waals surface area contributed by atoms with E-state index in [0.717, 1.165) is 18.6 Å². The van der Waals surface area contributed by atoms with E-state index in [4.69, 9.17) is 4.74 Å². The quantitative estimate of drug-likeness (QED) is 0.774. The molecule has 1 aromatic rings. The first kappa shape index (κ1) is 17.5. The van der Waals surface area contributed by atoms with Crippen LogP contribution >= 0.6 is 0 Å². The number of ether oxygens (including phenoxy) is 1. The van der Waals surface area contributed by atoms with Gasteiger partial charge in [0, 0.05) is 12.1 Å². The first-order chi connectivity index (χ1) is 9.92. The molecule has 0 aliphatic heterocycles. The van der Waals surface area contributed by atoms with Gasteiger partial charge in [-0.05, 0) is 65.3 Å². The molecule has 0 heterocycles. The number of carbonyl (C=O) groups excluding carboxylic acids is 1. The Bertz CT molecular complexity index is 429. The van der Waals surface area contributed by atoms with Crippen LogP contribution in [0.4, 0.5) is 0 Å². The van der Waals surface area contributed by atoms with Gasteiger partial charge in [0.1, 0.15) is 5.75 Å². The van der Waals surface area contributed by atoms with Crippen molar-refractivity contribution < 1.29 is 9.53 Å². The summed E-state index contributed by atoms with van der Waals surface area (Å²) in [6, 6.07) is 8.62. The molecule has 0 aliphatic carbocycles. The van der Waals surface area contributed by atoms with Crippen molar-refractivity contribution in [3.8, 4) is 5.75 Å². The molecule has 2 N–H and O–H groups in total. The fourth-order valence-electron chi connectivity index (χ4n) is 1.92. The van der Waals surface area contributed by atoms with E-state index in [-0.39, 0.29) is 11.9 Å². The largest absolute Gasteiger partial charge is 0.481 e. The van der Waals surface area contributed by atoms with E-state index >= 15 is 0 Å². The highest BCUT2D eigenvalue weighted by Gasteiger charge is 2.15. The van der Waals surface area contributed by atoms with Crippen LogP contribution in [0.3, 0.4) is 0 Å². The highest BCUT2D eigenvalue weighted by atomic mass is 16.5. The van der Waals surface area contributed by atoms with E-state index in [1.54, 1.807) is 6.92 Å². The van der Waals surface area contributed by atoms with Crippen molar-refractivity contribution in [2.75, 3.05) is 7.05 Å². The molecular formula is C17H28N2O2. The van der Waals surface area contributed by atoms with Crippen molar-refractivity contribution in [1.29, 1.82) is 0 Å². The Morgan fingerprint density at radius 1 is 1.14 bits per heavy atom. The van der Waals surface area contributed by atoms with Crippen LogP contribution in [0.25, 0.3) is 0 Å². The van der Waals surface area contributed by atoms with Gasteiger partial charge in [0.05, 0.1) is 0 Å². The van der Waals surface area contributed by atoms with Gasteiger partial charge in [-0.3, -0.25) is 4.79 Å². The molecule has 0 radical (unpaired) electrons. The Balaban J connectivity index is 2.48. The van der Waals surface area contributed by atoms with Crippen LogP contribution in [0.2, 0.25) is 0 Å². The number of aryl methyl sites for hydroxylation is 1. The smallest absolute Gasteiger partial charge is 0.260 e. The third-order valence-electron chi connectivity index (χ3n) is 3.40. The number of carbonyl (C=O) groups is 1. The van der Waals surface area contributed by atoms with Gasteiger partial charge >= 0.3 is 0 Å². The number of nitrogens with one attached hydrogen (secondary N) is 2. The molecule has 1 aromatic carbocycles. The molecule has 0 aromatic heterocycles. The lowest BCUT2D eigenvalue weighted by molar-refractivity contribution is -0.127. The first-order valence-corrected chi connectivity index (χ1v) is 7.65. The second-order valence-electron chi connectivity index (χ2n) is 5.80. The lowest BCUT2D eigenvalue weighted by Crippen LogP contribution is -2.40. The molecule has 1 amide bonds. The second kappa shape index (κ2) is 8.67. The molecule has 0 aliphatic rings. The summed E-state index contributed by atoms with van der Waals surface area (Å²) < 4.78 is 5.65. The van der Waals surface area contributed by atoms with Crippen molar-refractivity contribution in [2.45, 2.75) is 58.7 Å². The highest BCUT2D eigenvalue weighted by Crippen LogP contribution is 2.15. The van der Waals surface area contributed by atoms with Crippen LogP contribution in [0.5, 0.6) is 5.75 Å². The summed E-state index contributed by atoms with van der Waals surface area (Å²) in [4.78, 5) is 11.8. The normalized spacial score (nSPS) is 13.8. The molecule has 0 spiro atoms. The Morgan fingerprint density at radius 2 is 1.76 bits per heavy atom. The summed E-state index contributed by atoms with van der Waals surface area (Å²) in [7, 11) is 1.98. The fraction of sp³-hybridized carbons (Fsp3) is 0.588. The van der Waals surface area contributed by atoms with Gasteiger partial charge in [-0.25, -0.2) is 0 Å². The predicted molar refractivity (Wildman–Crippen MR) is 86.7 cm³/mol. The van der Waals surface area contributed by atoms with Crippen molar-refractivity contribution in [1.82, 2.24) is 10.6 Å². The van der Waals surface area contributed by atoms with Crippen LogP contribution in [0, 0.1) is 0 Å². The van der Waals surface area contributed by atoms with Gasteiger partial charge in [0.25, 0.3) is 5.91 Å². The molecular weight excluding hydrogens is 264 g/mol. The minimum absolute atomic E-state index is 0.0862. The Hall–Kier alpha value is -1.55. The summed E-state index contributed by atoms with van der Waals surface area (Å²) in [6.07, 6.45) is 1.65. The van der Waals surface area contributed by atoms with Crippen LogP contribution in [-0.4, -0.2) is 31.1 Å². The maximum atomic E-state index is 11.8. The van der Waals surface area contributed by atoms with Crippen molar-refractivity contribution in [3.63, 3.8) is 0 Å². The van der Waals surface area contributed by atoms with E-state index in [9.17, 15) is 4.79 Å². The third-order valence-corrected chi connectivity index (χ3v) is 3.40. The van der Waals surface area contributed by atoms with Gasteiger partial charge in [-0.1, -0.05) is 12.1 Å². The van der Waals surface area contributed by atoms with E-state index in [0.29, 0.717) is 6.04 Å². The minimum Gasteiger partial charge on any atom is -0.481 e. The molecule has 2 atom stereocenters. The van der Waals surface area contributed by atoms with Crippen molar-refractivity contribution >= 4 is 5.91 Å². The zero-order valence-corrected chi connectivity index (χ0v) is 13.8. The average Bonchev–Trinajstić information content (AvgIpc) is 2.45. The summed E-state index contributed by atoms with van der Waals surface area (Å²) in [5.41, 5.74) is 1.28. The Labute approximate surface area is 128 Å². The van der Waals surface area contributed by atoms with Crippen molar-refractivity contribution in [3.05, 3.63) is 29.8 Å². The molecule has 4 heteroatoms. The van der Waals surface area contributed by atoms with Crippen LogP contribution < -0.4 is 15.4 Å². The molecule has 4 nitrogen and oxygen atoms in total. The second-order valence-corrected chi connectivity index (χ2v) is 5.80.